The second-order valence-electron chi connectivity index (χ2n) is 8.21. The number of anilines is 2. The predicted molar refractivity (Wildman–Crippen MR) is 124 cm³/mol. The Morgan fingerprint density at radius 3 is 2.47 bits per heavy atom. The van der Waals surface area contributed by atoms with Crippen molar-refractivity contribution < 1.29 is 14.3 Å². The Hall–Kier alpha value is -3.20. The van der Waals surface area contributed by atoms with Gasteiger partial charge in [-0.3, -0.25) is 14.6 Å². The molecule has 9 heteroatoms. The molecule has 3 heterocycles. The van der Waals surface area contributed by atoms with Crippen LogP contribution in [0.4, 0.5) is 11.5 Å². The molecule has 2 amide bonds. The van der Waals surface area contributed by atoms with E-state index >= 15 is 0 Å². The summed E-state index contributed by atoms with van der Waals surface area (Å²) in [6.07, 6.45) is 3.23. The third-order valence-corrected chi connectivity index (χ3v) is 5.14. The van der Waals surface area contributed by atoms with Crippen molar-refractivity contribution in [1.82, 2.24) is 20.2 Å². The van der Waals surface area contributed by atoms with E-state index in [1.54, 1.807) is 30.3 Å². The lowest BCUT2D eigenvalue weighted by molar-refractivity contribution is 0.0739. The van der Waals surface area contributed by atoms with Crippen LogP contribution >= 0.6 is 0 Å². The normalized spacial score (nSPS) is 14.9. The monoisotopic (exact) mass is 440 g/mol. The molecule has 0 radical (unpaired) electrons. The van der Waals surface area contributed by atoms with Gasteiger partial charge in [0.05, 0.1) is 17.9 Å². The van der Waals surface area contributed by atoms with Crippen molar-refractivity contribution in [3.05, 3.63) is 47.9 Å². The molecule has 2 N–H and O–H groups in total. The lowest BCUT2D eigenvalue weighted by atomic mass is 10.2. The van der Waals surface area contributed by atoms with Crippen LogP contribution in [-0.4, -0.2) is 78.7 Å². The number of methoxy groups -OCH3 is 1. The number of nitrogens with zero attached hydrogens (tertiary/aromatic N) is 4. The molecule has 1 unspecified atom stereocenters. The first-order valence-corrected chi connectivity index (χ1v) is 10.9. The molecule has 0 saturated carbocycles. The van der Waals surface area contributed by atoms with Gasteiger partial charge in [0.2, 0.25) is 0 Å². The van der Waals surface area contributed by atoms with E-state index in [9.17, 15) is 9.59 Å². The third-order valence-electron chi connectivity index (χ3n) is 5.14. The Morgan fingerprint density at radius 2 is 1.84 bits per heavy atom. The van der Waals surface area contributed by atoms with Crippen LogP contribution in [0, 0.1) is 0 Å². The zero-order valence-corrected chi connectivity index (χ0v) is 19.2. The van der Waals surface area contributed by atoms with E-state index in [2.05, 4.69) is 39.3 Å². The minimum atomic E-state index is -0.240. The summed E-state index contributed by atoms with van der Waals surface area (Å²) in [7, 11) is 1.59. The molecule has 3 rings (SSSR count). The van der Waals surface area contributed by atoms with Crippen LogP contribution in [0.5, 0.6) is 0 Å². The maximum atomic E-state index is 12.9. The third kappa shape index (κ3) is 5.94. The number of amides is 2. The van der Waals surface area contributed by atoms with E-state index < -0.39 is 0 Å². The van der Waals surface area contributed by atoms with Crippen LogP contribution in [0.25, 0.3) is 0 Å². The molecule has 1 atom stereocenters. The predicted octanol–water partition coefficient (Wildman–Crippen LogP) is 2.02. The largest absolute Gasteiger partial charge is 0.383 e. The van der Waals surface area contributed by atoms with E-state index in [4.69, 9.17) is 4.74 Å². The van der Waals surface area contributed by atoms with Crippen molar-refractivity contribution in [2.45, 2.75) is 32.9 Å². The molecule has 1 fully saturated rings. The van der Waals surface area contributed by atoms with E-state index in [0.29, 0.717) is 50.1 Å². The second kappa shape index (κ2) is 10.9. The Labute approximate surface area is 189 Å². The van der Waals surface area contributed by atoms with Gasteiger partial charge in [-0.2, -0.15) is 0 Å². The highest BCUT2D eigenvalue weighted by Crippen LogP contribution is 2.24. The standard InChI is InChI=1S/C23H32N6O3/c1-16(2)26-19-6-5-9-24-21(19)28-10-12-29(13-11-28)23(31)20-8-7-18(14-25-20)22(30)27-17(3)15-32-4/h5-9,14,16-17,26H,10-13,15H2,1-4H3,(H,27,30). The van der Waals surface area contributed by atoms with Crippen molar-refractivity contribution in [2.75, 3.05) is 50.1 Å². The highest BCUT2D eigenvalue weighted by atomic mass is 16.5. The van der Waals surface area contributed by atoms with Crippen molar-refractivity contribution in [3.8, 4) is 0 Å². The number of hydrogen-bond donors (Lipinski definition) is 2. The second-order valence-corrected chi connectivity index (χ2v) is 8.21. The molecule has 1 aliphatic rings. The van der Waals surface area contributed by atoms with Gasteiger partial charge in [0.25, 0.3) is 11.8 Å². The van der Waals surface area contributed by atoms with Gasteiger partial charge in [0.15, 0.2) is 5.82 Å². The van der Waals surface area contributed by atoms with Crippen molar-refractivity contribution in [3.63, 3.8) is 0 Å². The summed E-state index contributed by atoms with van der Waals surface area (Å²) in [6, 6.07) is 7.37. The molecule has 1 aliphatic heterocycles. The molecule has 0 aromatic carbocycles. The average molecular weight is 441 g/mol. The summed E-state index contributed by atoms with van der Waals surface area (Å²) in [5.41, 5.74) is 1.74. The van der Waals surface area contributed by atoms with Gasteiger partial charge >= 0.3 is 0 Å². The number of aromatic nitrogens is 2. The van der Waals surface area contributed by atoms with Gasteiger partial charge in [-0.1, -0.05) is 0 Å². The molecular weight excluding hydrogens is 408 g/mol. The van der Waals surface area contributed by atoms with Gasteiger partial charge in [-0.05, 0) is 45.0 Å². The minimum Gasteiger partial charge on any atom is -0.383 e. The maximum absolute atomic E-state index is 12.9. The Balaban J connectivity index is 1.58. The number of ether oxygens (including phenoxy) is 1. The van der Waals surface area contributed by atoms with Crippen LogP contribution < -0.4 is 15.5 Å². The number of hydrogen-bond acceptors (Lipinski definition) is 7. The van der Waals surface area contributed by atoms with Crippen molar-refractivity contribution in [1.29, 1.82) is 0 Å². The zero-order valence-electron chi connectivity index (χ0n) is 19.2. The molecule has 0 bridgehead atoms. The molecule has 2 aromatic rings. The Kier molecular flexibility index (Phi) is 7.99. The van der Waals surface area contributed by atoms with Crippen LogP contribution in [-0.2, 0) is 4.74 Å². The van der Waals surface area contributed by atoms with E-state index in [1.807, 2.05) is 19.1 Å². The molecule has 0 spiro atoms. The summed E-state index contributed by atoms with van der Waals surface area (Å²) in [4.78, 5) is 37.9. The van der Waals surface area contributed by atoms with Gasteiger partial charge < -0.3 is 25.2 Å². The van der Waals surface area contributed by atoms with Gasteiger partial charge in [-0.15, -0.1) is 0 Å². The number of nitrogens with one attached hydrogen (secondary N) is 2. The first-order chi connectivity index (χ1) is 15.4. The minimum absolute atomic E-state index is 0.111. The summed E-state index contributed by atoms with van der Waals surface area (Å²) >= 11 is 0. The lowest BCUT2D eigenvalue weighted by Crippen LogP contribution is -2.49. The quantitative estimate of drug-likeness (QED) is 0.648. The average Bonchev–Trinajstić information content (AvgIpc) is 2.79. The smallest absolute Gasteiger partial charge is 0.272 e. The van der Waals surface area contributed by atoms with E-state index in [-0.39, 0.29) is 17.9 Å². The fraction of sp³-hybridized carbons (Fsp3) is 0.478. The van der Waals surface area contributed by atoms with Crippen LogP contribution in [0.3, 0.4) is 0 Å². The lowest BCUT2D eigenvalue weighted by Gasteiger charge is -2.36. The molecule has 9 nitrogen and oxygen atoms in total. The Bertz CT molecular complexity index is 910. The van der Waals surface area contributed by atoms with Crippen molar-refractivity contribution >= 4 is 23.3 Å². The van der Waals surface area contributed by atoms with E-state index in [0.717, 1.165) is 11.5 Å². The maximum Gasteiger partial charge on any atom is 0.272 e. The molecule has 172 valence electrons. The highest BCUT2D eigenvalue weighted by Gasteiger charge is 2.25. The Morgan fingerprint density at radius 1 is 1.09 bits per heavy atom. The summed E-state index contributed by atoms with van der Waals surface area (Å²) in [5.74, 6) is 0.534. The summed E-state index contributed by atoms with van der Waals surface area (Å²) < 4.78 is 5.03. The number of carbonyl (C=O) groups excluding carboxylic acids is 2. The van der Waals surface area contributed by atoms with E-state index in [1.165, 1.54) is 6.20 Å². The topological polar surface area (TPSA) is 99.7 Å². The number of pyridine rings is 2. The van der Waals surface area contributed by atoms with Crippen LogP contribution in [0.1, 0.15) is 41.6 Å². The molecule has 2 aromatic heterocycles. The van der Waals surface area contributed by atoms with Gasteiger partial charge in [-0.25, -0.2) is 4.98 Å². The molecule has 32 heavy (non-hydrogen) atoms. The molecule has 1 saturated heterocycles. The number of carbonyl (C=O) groups is 2. The van der Waals surface area contributed by atoms with Crippen LogP contribution in [0.2, 0.25) is 0 Å². The van der Waals surface area contributed by atoms with Crippen molar-refractivity contribution in [2.24, 2.45) is 0 Å². The number of rotatable bonds is 8. The summed E-state index contributed by atoms with van der Waals surface area (Å²) in [5, 5.41) is 6.26. The molecule has 0 aliphatic carbocycles. The molecular formula is C23H32N6O3. The number of piperazine rings is 1. The first-order valence-electron chi connectivity index (χ1n) is 10.9. The van der Waals surface area contributed by atoms with Crippen LogP contribution in [0.15, 0.2) is 36.7 Å². The SMILES string of the molecule is COCC(C)NC(=O)c1ccc(C(=O)N2CCN(c3ncccc3NC(C)C)CC2)nc1. The van der Waals surface area contributed by atoms with Gasteiger partial charge in [0.1, 0.15) is 5.69 Å². The summed E-state index contributed by atoms with van der Waals surface area (Å²) in [6.45, 7) is 9.00. The van der Waals surface area contributed by atoms with Gasteiger partial charge in [0, 0.05) is 57.8 Å². The fourth-order valence-electron chi connectivity index (χ4n) is 3.61. The fourth-order valence-corrected chi connectivity index (χ4v) is 3.61. The highest BCUT2D eigenvalue weighted by molar-refractivity contribution is 5.96. The first kappa shape index (κ1) is 23.5. The zero-order chi connectivity index (χ0) is 23.1.